The van der Waals surface area contributed by atoms with Crippen LogP contribution >= 0.6 is 0 Å². The monoisotopic (exact) mass is 313 g/mol. The number of hydrogen-bond acceptors (Lipinski definition) is 3. The molecule has 4 nitrogen and oxygen atoms in total. The Kier molecular flexibility index (Phi) is 6.78. The van der Waals surface area contributed by atoms with Crippen molar-refractivity contribution in [3.05, 3.63) is 22.6 Å². The topological polar surface area (TPSA) is 38.1 Å². The van der Waals surface area contributed by atoms with Gasteiger partial charge in [0, 0.05) is 25.6 Å². The minimum atomic E-state index is -5.05. The molecule has 0 unspecified atom stereocenters. The first-order valence-electron chi connectivity index (χ1n) is 6.38. The van der Waals surface area contributed by atoms with Gasteiger partial charge in [-0.25, -0.2) is 0 Å². The molecule has 0 N–H and O–H groups in total. The number of halogens is 3. The minimum Gasteiger partial charge on any atom is -0.448 e. The molecule has 2 rings (SSSR count). The first-order chi connectivity index (χ1) is 8.85. The molecule has 0 aromatic carbocycles. The maximum Gasteiger partial charge on any atom is 1.00 e. The van der Waals surface area contributed by atoms with Gasteiger partial charge in [0.15, 0.2) is 0 Å². The molecule has 1 fully saturated rings. The fraction of sp³-hybridized carbons (Fsp3) is 0.636. The fourth-order valence-corrected chi connectivity index (χ4v) is 2.20. The van der Waals surface area contributed by atoms with E-state index in [1.807, 2.05) is 4.90 Å². The summed E-state index contributed by atoms with van der Waals surface area (Å²) < 4.78 is 37.3. The second kappa shape index (κ2) is 7.44. The Morgan fingerprint density at radius 1 is 1.35 bits per heavy atom. The largest absolute Gasteiger partial charge is 1.00 e. The predicted octanol–water partition coefficient (Wildman–Crippen LogP) is -1.13. The van der Waals surface area contributed by atoms with Crippen molar-refractivity contribution in [2.45, 2.75) is 26.2 Å². The molecule has 0 saturated carbocycles. The van der Waals surface area contributed by atoms with Crippen LogP contribution in [0.3, 0.4) is 0 Å². The second-order valence-corrected chi connectivity index (χ2v) is 5.11. The molecular weight excluding hydrogens is 297 g/mol. The quantitative estimate of drug-likeness (QED) is 0.663. The van der Waals surface area contributed by atoms with E-state index in [2.05, 4.69) is 12.0 Å². The summed E-state index contributed by atoms with van der Waals surface area (Å²) in [7, 11) is 0. The van der Waals surface area contributed by atoms with Gasteiger partial charge in [-0.05, 0) is 18.8 Å². The van der Waals surface area contributed by atoms with Gasteiger partial charge in [0.25, 0.3) is 5.56 Å². The average Bonchev–Trinajstić information content (AvgIpc) is 2.31. The number of piperidine rings is 1. The van der Waals surface area contributed by atoms with Crippen LogP contribution in [0.15, 0.2) is 17.1 Å². The van der Waals surface area contributed by atoms with E-state index in [9.17, 15) is 17.7 Å². The number of aromatic nitrogens is 2. The van der Waals surface area contributed by atoms with Crippen LogP contribution in [0.25, 0.3) is 0 Å². The van der Waals surface area contributed by atoms with Gasteiger partial charge in [-0.2, -0.15) is 5.10 Å². The van der Waals surface area contributed by atoms with Crippen molar-refractivity contribution < 1.29 is 64.3 Å². The van der Waals surface area contributed by atoms with Crippen molar-refractivity contribution >= 4 is 12.7 Å². The van der Waals surface area contributed by atoms with Gasteiger partial charge in [0.05, 0.1) is 11.9 Å². The Bertz CT molecular complexity index is 500. The van der Waals surface area contributed by atoms with E-state index in [0.717, 1.165) is 25.9 Å². The summed E-state index contributed by atoms with van der Waals surface area (Å²) in [6.07, 6.45) is 2.11. The third-order valence-corrected chi connectivity index (χ3v) is 3.38. The normalized spacial score (nSPS) is 16.9. The van der Waals surface area contributed by atoms with Crippen LogP contribution in [0.2, 0.25) is 0 Å². The van der Waals surface area contributed by atoms with Gasteiger partial charge in [0.1, 0.15) is 0 Å². The zero-order valence-corrected chi connectivity index (χ0v) is 14.9. The van der Waals surface area contributed by atoms with Gasteiger partial charge in [-0.15, -0.1) is 0 Å². The van der Waals surface area contributed by atoms with Gasteiger partial charge < -0.3 is 17.8 Å². The number of anilines is 1. The van der Waals surface area contributed by atoms with Crippen molar-refractivity contribution in [3.63, 3.8) is 0 Å². The molecule has 1 aliphatic heterocycles. The summed E-state index contributed by atoms with van der Waals surface area (Å²) in [4.78, 5) is 13.6. The fourth-order valence-electron chi connectivity index (χ4n) is 2.20. The molecular formula is C11H16BF3KN3O. The first kappa shape index (κ1) is 18.2. The molecule has 20 heavy (non-hydrogen) atoms. The molecule has 9 heteroatoms. The Morgan fingerprint density at radius 2 is 1.95 bits per heavy atom. The van der Waals surface area contributed by atoms with Crippen molar-refractivity contribution in [2.24, 2.45) is 5.92 Å². The molecule has 0 atom stereocenters. The maximum absolute atomic E-state index is 12.3. The zero-order valence-electron chi connectivity index (χ0n) is 11.7. The molecule has 1 aromatic rings. The van der Waals surface area contributed by atoms with E-state index < -0.39 is 19.0 Å². The third-order valence-electron chi connectivity index (χ3n) is 3.38. The summed E-state index contributed by atoms with van der Waals surface area (Å²) in [6, 6.07) is 1.24. The SMILES string of the molecule is CC1CCN(c2cnn(C[B-](F)(F)F)c(=O)c2)CC1.[K+]. The van der Waals surface area contributed by atoms with Gasteiger partial charge in [-0.1, -0.05) is 6.92 Å². The van der Waals surface area contributed by atoms with Crippen LogP contribution < -0.4 is 61.8 Å². The van der Waals surface area contributed by atoms with Crippen LogP contribution in [0.1, 0.15) is 19.8 Å². The molecule has 1 saturated heterocycles. The Hall–Kier alpha value is 0.171. The number of hydrogen-bond donors (Lipinski definition) is 0. The van der Waals surface area contributed by atoms with E-state index in [0.29, 0.717) is 16.3 Å². The van der Waals surface area contributed by atoms with Crippen molar-refractivity contribution in [1.29, 1.82) is 0 Å². The summed E-state index contributed by atoms with van der Waals surface area (Å²) in [5.74, 6) is 0.650. The van der Waals surface area contributed by atoms with Gasteiger partial charge >= 0.3 is 58.4 Å². The second-order valence-electron chi connectivity index (χ2n) is 5.11. The van der Waals surface area contributed by atoms with E-state index in [1.165, 1.54) is 12.3 Å². The predicted molar refractivity (Wildman–Crippen MR) is 68.2 cm³/mol. The third kappa shape index (κ3) is 5.18. The molecule has 106 valence electrons. The van der Waals surface area contributed by atoms with E-state index in [1.54, 1.807) is 0 Å². The number of rotatable bonds is 3. The van der Waals surface area contributed by atoms with Gasteiger partial charge in [-0.3, -0.25) is 9.48 Å². The molecule has 0 aliphatic carbocycles. The molecule has 0 spiro atoms. The molecule has 2 heterocycles. The summed E-state index contributed by atoms with van der Waals surface area (Å²) >= 11 is 0. The number of nitrogens with zero attached hydrogens (tertiary/aromatic N) is 3. The molecule has 0 bridgehead atoms. The average molecular weight is 313 g/mol. The van der Waals surface area contributed by atoms with Crippen molar-refractivity contribution in [1.82, 2.24) is 9.78 Å². The van der Waals surface area contributed by atoms with Crippen LogP contribution in [0.4, 0.5) is 18.6 Å². The van der Waals surface area contributed by atoms with Crippen LogP contribution in [-0.4, -0.2) is 29.8 Å². The molecule has 0 radical (unpaired) electrons. The van der Waals surface area contributed by atoms with E-state index in [4.69, 9.17) is 0 Å². The van der Waals surface area contributed by atoms with Crippen LogP contribution in [0, 0.1) is 5.92 Å². The minimum absolute atomic E-state index is 0. The van der Waals surface area contributed by atoms with Crippen LogP contribution in [-0.2, 0) is 6.44 Å². The maximum atomic E-state index is 12.3. The van der Waals surface area contributed by atoms with Gasteiger partial charge in [0.2, 0.25) is 0 Å². The summed E-state index contributed by atoms with van der Waals surface area (Å²) in [5.41, 5.74) is -0.0850. The standard InChI is InChI=1S/C11H16BF3N3O.K/c1-9-2-4-17(5-3-9)10-6-11(19)18(16-7-10)8-12(13,14)15;/h6-7,9H,2-5,8H2,1H3;/q-1;+1. The Morgan fingerprint density at radius 3 is 2.45 bits per heavy atom. The molecule has 1 aliphatic rings. The summed E-state index contributed by atoms with van der Waals surface area (Å²) in [6.45, 7) is -1.26. The van der Waals surface area contributed by atoms with Crippen molar-refractivity contribution in [2.75, 3.05) is 18.0 Å². The summed E-state index contributed by atoms with van der Waals surface area (Å²) in [5, 5.41) is 3.62. The zero-order chi connectivity index (χ0) is 14.0. The molecule has 1 aromatic heterocycles. The smallest absolute Gasteiger partial charge is 0.448 e. The van der Waals surface area contributed by atoms with E-state index in [-0.39, 0.29) is 51.4 Å². The van der Waals surface area contributed by atoms with Crippen LogP contribution in [0.5, 0.6) is 0 Å². The van der Waals surface area contributed by atoms with E-state index >= 15 is 0 Å². The Labute approximate surface area is 158 Å². The first-order valence-corrected chi connectivity index (χ1v) is 6.38. The van der Waals surface area contributed by atoms with Crippen molar-refractivity contribution in [3.8, 4) is 0 Å². The Balaban J connectivity index is 0.00000200. The molecule has 0 amide bonds.